The van der Waals surface area contributed by atoms with E-state index in [0.717, 1.165) is 6.26 Å². The summed E-state index contributed by atoms with van der Waals surface area (Å²) in [4.78, 5) is 13.1. The average molecular weight is 455 g/mol. The van der Waals surface area contributed by atoms with Crippen molar-refractivity contribution in [2.75, 3.05) is 18.1 Å². The van der Waals surface area contributed by atoms with Gasteiger partial charge < -0.3 is 14.3 Å². The molecule has 1 atom stereocenters. The molecule has 0 aliphatic carbocycles. The Hall–Kier alpha value is -3.79. The van der Waals surface area contributed by atoms with Gasteiger partial charge in [0.05, 0.1) is 31.4 Å². The summed E-state index contributed by atoms with van der Waals surface area (Å²) in [6, 6.07) is 14.3. The quantitative estimate of drug-likeness (QED) is 0.588. The summed E-state index contributed by atoms with van der Waals surface area (Å²) in [5, 5.41) is 16.5. The van der Waals surface area contributed by atoms with E-state index >= 15 is 0 Å². The monoisotopic (exact) mass is 455 g/mol. The smallest absolute Gasteiger partial charge is 0.310 e. The number of methoxy groups -OCH3 is 1. The van der Waals surface area contributed by atoms with Gasteiger partial charge in [-0.2, -0.15) is 5.10 Å². The van der Waals surface area contributed by atoms with Gasteiger partial charge in [0, 0.05) is 17.7 Å². The second kappa shape index (κ2) is 8.39. The third kappa shape index (κ3) is 4.30. The van der Waals surface area contributed by atoms with Gasteiger partial charge in [0.1, 0.15) is 0 Å². The number of amides is 1. The number of ether oxygens (including phenoxy) is 1. The lowest BCUT2D eigenvalue weighted by Crippen LogP contribution is -2.26. The molecule has 0 saturated heterocycles. The van der Waals surface area contributed by atoms with Crippen LogP contribution in [0.2, 0.25) is 0 Å². The fourth-order valence-electron chi connectivity index (χ4n) is 3.58. The van der Waals surface area contributed by atoms with Crippen LogP contribution in [0.5, 0.6) is 11.5 Å². The van der Waals surface area contributed by atoms with E-state index in [1.165, 1.54) is 24.4 Å². The van der Waals surface area contributed by atoms with Gasteiger partial charge in [-0.3, -0.25) is 9.52 Å². The SMILES string of the molecule is COc1cccc(C2CC(c3cccc(NS(C)(=O)=O)c3)=NN2C(=O)c2ccco2)c1O. The minimum Gasteiger partial charge on any atom is -0.504 e. The van der Waals surface area contributed by atoms with E-state index in [1.54, 1.807) is 48.5 Å². The number of phenols is 1. The molecule has 1 aliphatic heterocycles. The molecule has 1 unspecified atom stereocenters. The fraction of sp³-hybridized carbons (Fsp3) is 0.182. The van der Waals surface area contributed by atoms with Crippen molar-refractivity contribution in [2.24, 2.45) is 5.10 Å². The Morgan fingerprint density at radius 1 is 1.22 bits per heavy atom. The van der Waals surface area contributed by atoms with Crippen LogP contribution in [0.1, 0.15) is 34.1 Å². The Morgan fingerprint density at radius 2 is 2.00 bits per heavy atom. The lowest BCUT2D eigenvalue weighted by Gasteiger charge is -2.22. The largest absolute Gasteiger partial charge is 0.504 e. The molecule has 2 N–H and O–H groups in total. The topological polar surface area (TPSA) is 121 Å². The third-order valence-corrected chi connectivity index (χ3v) is 5.57. The third-order valence-electron chi connectivity index (χ3n) is 4.96. The number of aromatic hydroxyl groups is 1. The van der Waals surface area contributed by atoms with Gasteiger partial charge in [0.25, 0.3) is 0 Å². The van der Waals surface area contributed by atoms with Crippen molar-refractivity contribution < 1.29 is 27.5 Å². The molecular formula is C22H21N3O6S. The van der Waals surface area contributed by atoms with Crippen LogP contribution in [0.25, 0.3) is 0 Å². The summed E-state index contributed by atoms with van der Waals surface area (Å²) in [6.07, 6.45) is 2.75. The molecule has 0 fully saturated rings. The van der Waals surface area contributed by atoms with Gasteiger partial charge in [0.15, 0.2) is 17.3 Å². The van der Waals surface area contributed by atoms with Crippen molar-refractivity contribution in [3.8, 4) is 11.5 Å². The number of hydrogen-bond acceptors (Lipinski definition) is 7. The first-order chi connectivity index (χ1) is 15.3. The maximum atomic E-state index is 13.1. The first-order valence-electron chi connectivity index (χ1n) is 9.65. The first kappa shape index (κ1) is 21.4. The lowest BCUT2D eigenvalue weighted by molar-refractivity contribution is 0.0676. The molecule has 10 heteroatoms. The Morgan fingerprint density at radius 3 is 2.69 bits per heavy atom. The number of nitrogens with zero attached hydrogens (tertiary/aromatic N) is 2. The van der Waals surface area contributed by atoms with E-state index in [2.05, 4.69) is 9.82 Å². The molecule has 32 heavy (non-hydrogen) atoms. The number of furan rings is 1. The van der Waals surface area contributed by atoms with Crippen LogP contribution in [-0.4, -0.2) is 43.5 Å². The Labute approximate surface area is 185 Å². The van der Waals surface area contributed by atoms with Crippen LogP contribution in [0, 0.1) is 0 Å². The zero-order valence-electron chi connectivity index (χ0n) is 17.3. The first-order valence-corrected chi connectivity index (χ1v) is 11.5. The van der Waals surface area contributed by atoms with Crippen LogP contribution in [-0.2, 0) is 10.0 Å². The molecule has 3 aromatic rings. The number of sulfonamides is 1. The van der Waals surface area contributed by atoms with E-state index in [4.69, 9.17) is 9.15 Å². The molecule has 1 aromatic heterocycles. The normalized spacial score (nSPS) is 16.0. The minimum atomic E-state index is -3.45. The number of anilines is 1. The zero-order valence-corrected chi connectivity index (χ0v) is 18.2. The Bertz CT molecular complexity index is 1280. The number of benzene rings is 2. The standard InChI is InChI=1S/C22H21N3O6S/c1-30-19-9-4-8-16(21(19)26)18-13-17(23-25(18)22(27)20-10-5-11-31-20)14-6-3-7-15(12-14)24-32(2,28)29/h3-12,18,24,26H,13H2,1-2H3. The molecule has 2 aromatic carbocycles. The van der Waals surface area contributed by atoms with E-state index < -0.39 is 22.0 Å². The van der Waals surface area contributed by atoms with Crippen molar-refractivity contribution in [1.29, 1.82) is 0 Å². The number of para-hydroxylation sites is 1. The lowest BCUT2D eigenvalue weighted by atomic mass is 9.97. The predicted octanol–water partition coefficient (Wildman–Crippen LogP) is 3.36. The van der Waals surface area contributed by atoms with Crippen molar-refractivity contribution in [3.63, 3.8) is 0 Å². The summed E-state index contributed by atoms with van der Waals surface area (Å²) >= 11 is 0. The van der Waals surface area contributed by atoms with Gasteiger partial charge in [-0.25, -0.2) is 13.4 Å². The second-order valence-corrected chi connectivity index (χ2v) is 9.00. The summed E-state index contributed by atoms with van der Waals surface area (Å²) in [7, 11) is -2.01. The van der Waals surface area contributed by atoms with Crippen molar-refractivity contribution in [1.82, 2.24) is 5.01 Å². The molecule has 2 heterocycles. The predicted molar refractivity (Wildman–Crippen MR) is 118 cm³/mol. The maximum absolute atomic E-state index is 13.1. The van der Waals surface area contributed by atoms with Crippen LogP contribution < -0.4 is 9.46 Å². The summed E-state index contributed by atoms with van der Waals surface area (Å²) in [5.74, 6) is -0.167. The fourth-order valence-corrected chi connectivity index (χ4v) is 4.13. The van der Waals surface area contributed by atoms with Crippen LogP contribution in [0.15, 0.2) is 70.4 Å². The summed E-state index contributed by atoms with van der Waals surface area (Å²) in [6.45, 7) is 0. The van der Waals surface area contributed by atoms with Gasteiger partial charge in [-0.15, -0.1) is 0 Å². The number of hydrazone groups is 1. The Kier molecular flexibility index (Phi) is 5.62. The van der Waals surface area contributed by atoms with Crippen LogP contribution in [0.3, 0.4) is 0 Å². The number of rotatable bonds is 6. The highest BCUT2D eigenvalue weighted by molar-refractivity contribution is 7.92. The van der Waals surface area contributed by atoms with E-state index in [1.807, 2.05) is 0 Å². The molecule has 166 valence electrons. The number of phenolic OH excluding ortho intramolecular Hbond substituents is 1. The molecular weight excluding hydrogens is 434 g/mol. The van der Waals surface area contributed by atoms with Crippen LogP contribution in [0.4, 0.5) is 5.69 Å². The Balaban J connectivity index is 1.75. The van der Waals surface area contributed by atoms with Crippen LogP contribution >= 0.6 is 0 Å². The van der Waals surface area contributed by atoms with E-state index in [9.17, 15) is 18.3 Å². The highest BCUT2D eigenvalue weighted by Gasteiger charge is 2.36. The van der Waals surface area contributed by atoms with Gasteiger partial charge >= 0.3 is 5.91 Å². The van der Waals surface area contributed by atoms with Gasteiger partial charge in [-0.05, 0) is 35.9 Å². The molecule has 1 amide bonds. The number of nitrogens with one attached hydrogen (secondary N) is 1. The zero-order chi connectivity index (χ0) is 22.9. The summed E-state index contributed by atoms with van der Waals surface area (Å²) < 4.78 is 36.1. The van der Waals surface area contributed by atoms with Gasteiger partial charge in [0.2, 0.25) is 10.0 Å². The van der Waals surface area contributed by atoms with E-state index in [0.29, 0.717) is 22.5 Å². The van der Waals surface area contributed by atoms with E-state index in [-0.39, 0.29) is 23.7 Å². The highest BCUT2D eigenvalue weighted by atomic mass is 32.2. The maximum Gasteiger partial charge on any atom is 0.310 e. The number of hydrogen-bond donors (Lipinski definition) is 2. The molecule has 0 saturated carbocycles. The molecule has 1 aliphatic rings. The average Bonchev–Trinajstić information content (AvgIpc) is 3.43. The molecule has 9 nitrogen and oxygen atoms in total. The second-order valence-electron chi connectivity index (χ2n) is 7.25. The molecule has 4 rings (SSSR count). The summed E-state index contributed by atoms with van der Waals surface area (Å²) in [5.41, 5.74) is 2.03. The number of carbonyl (C=O) groups excluding carboxylic acids is 1. The van der Waals surface area contributed by atoms with Crippen molar-refractivity contribution in [2.45, 2.75) is 12.5 Å². The van der Waals surface area contributed by atoms with Crippen molar-refractivity contribution in [3.05, 3.63) is 77.7 Å². The molecule has 0 spiro atoms. The highest BCUT2D eigenvalue weighted by Crippen LogP contribution is 2.41. The molecule has 0 bridgehead atoms. The van der Waals surface area contributed by atoms with Gasteiger partial charge in [-0.1, -0.05) is 24.3 Å². The molecule has 0 radical (unpaired) electrons. The number of carbonyl (C=O) groups is 1. The van der Waals surface area contributed by atoms with Crippen molar-refractivity contribution >= 4 is 27.3 Å². The minimum absolute atomic E-state index is 0.0822.